The van der Waals surface area contributed by atoms with Crippen molar-refractivity contribution in [3.05, 3.63) is 17.5 Å². The second-order valence-electron chi connectivity index (χ2n) is 5.11. The lowest BCUT2D eigenvalue weighted by Gasteiger charge is -2.21. The number of aromatic amines is 1. The van der Waals surface area contributed by atoms with E-state index in [1.165, 1.54) is 5.56 Å². The number of H-pyrrole nitrogens is 1. The molecule has 1 aromatic rings. The van der Waals surface area contributed by atoms with Gasteiger partial charge in [-0.05, 0) is 32.8 Å². The first-order chi connectivity index (χ1) is 7.44. The van der Waals surface area contributed by atoms with E-state index >= 15 is 0 Å². The molecule has 2 rings (SSSR count). The number of rotatable bonds is 1. The van der Waals surface area contributed by atoms with Gasteiger partial charge in [-0.25, -0.2) is 4.79 Å². The molecule has 0 spiro atoms. The molecule has 0 radical (unpaired) electrons. The predicted octanol–water partition coefficient (Wildman–Crippen LogP) is 1.40. The van der Waals surface area contributed by atoms with E-state index in [2.05, 4.69) is 15.5 Å². The second-order valence-corrected chi connectivity index (χ2v) is 5.11. The van der Waals surface area contributed by atoms with Crippen LogP contribution in [-0.4, -0.2) is 27.9 Å². The van der Waals surface area contributed by atoms with Gasteiger partial charge in [0.05, 0.1) is 5.69 Å². The normalized spacial score (nSPS) is 19.3. The molecule has 0 fully saturated rings. The van der Waals surface area contributed by atoms with Crippen molar-refractivity contribution in [1.82, 2.24) is 15.5 Å². The number of alkyl carbamates (subject to hydrolysis) is 1. The van der Waals surface area contributed by atoms with E-state index in [9.17, 15) is 4.79 Å². The van der Waals surface area contributed by atoms with Crippen molar-refractivity contribution in [2.24, 2.45) is 0 Å². The molecule has 1 atom stereocenters. The van der Waals surface area contributed by atoms with Crippen LogP contribution < -0.4 is 5.32 Å². The van der Waals surface area contributed by atoms with Gasteiger partial charge in [0.1, 0.15) is 5.60 Å². The van der Waals surface area contributed by atoms with Crippen LogP contribution in [-0.2, 0) is 17.6 Å². The van der Waals surface area contributed by atoms with Crippen LogP contribution in [0.4, 0.5) is 4.79 Å². The average Bonchev–Trinajstić information content (AvgIpc) is 2.58. The smallest absolute Gasteiger partial charge is 0.407 e. The van der Waals surface area contributed by atoms with Crippen LogP contribution in [0.25, 0.3) is 0 Å². The summed E-state index contributed by atoms with van der Waals surface area (Å²) in [5.41, 5.74) is 1.78. The number of hydrogen-bond acceptors (Lipinski definition) is 3. The molecule has 0 aromatic carbocycles. The van der Waals surface area contributed by atoms with Crippen LogP contribution in [0.1, 0.15) is 32.0 Å². The lowest BCUT2D eigenvalue weighted by molar-refractivity contribution is 0.0506. The number of nitrogens with zero attached hydrogens (tertiary/aromatic N) is 1. The number of carbonyl (C=O) groups is 1. The minimum absolute atomic E-state index is 0.113. The van der Waals surface area contributed by atoms with E-state index in [-0.39, 0.29) is 12.1 Å². The summed E-state index contributed by atoms with van der Waals surface area (Å²) >= 11 is 0. The Morgan fingerprint density at radius 2 is 2.31 bits per heavy atom. The zero-order valence-electron chi connectivity index (χ0n) is 9.83. The van der Waals surface area contributed by atoms with Gasteiger partial charge in [-0.2, -0.15) is 5.10 Å². The summed E-state index contributed by atoms with van der Waals surface area (Å²) in [6.07, 6.45) is 3.13. The minimum Gasteiger partial charge on any atom is -0.444 e. The van der Waals surface area contributed by atoms with Gasteiger partial charge in [-0.1, -0.05) is 0 Å². The van der Waals surface area contributed by atoms with Crippen LogP contribution in [0.3, 0.4) is 0 Å². The molecule has 0 saturated heterocycles. The van der Waals surface area contributed by atoms with Crippen LogP contribution in [0, 0.1) is 0 Å². The quantitative estimate of drug-likeness (QED) is 0.756. The monoisotopic (exact) mass is 223 g/mol. The highest BCUT2D eigenvalue weighted by Gasteiger charge is 2.26. The van der Waals surface area contributed by atoms with Gasteiger partial charge < -0.3 is 10.1 Å². The van der Waals surface area contributed by atoms with E-state index in [0.29, 0.717) is 0 Å². The summed E-state index contributed by atoms with van der Waals surface area (Å²) in [5.74, 6) is 0. The van der Waals surface area contributed by atoms with Crippen LogP contribution in [0.15, 0.2) is 6.20 Å². The van der Waals surface area contributed by atoms with Crippen molar-refractivity contribution in [3.63, 3.8) is 0 Å². The summed E-state index contributed by atoms with van der Waals surface area (Å²) in [6.45, 7) is 5.56. The number of nitrogens with one attached hydrogen (secondary N) is 2. The van der Waals surface area contributed by atoms with E-state index in [4.69, 9.17) is 4.74 Å². The maximum absolute atomic E-state index is 11.5. The Labute approximate surface area is 94.6 Å². The largest absolute Gasteiger partial charge is 0.444 e. The molecule has 1 unspecified atom stereocenters. The molecular formula is C11H17N3O2. The molecule has 16 heavy (non-hydrogen) atoms. The molecule has 5 heteroatoms. The third-order valence-corrected chi connectivity index (χ3v) is 2.44. The molecule has 0 aliphatic heterocycles. The third kappa shape index (κ3) is 2.53. The molecular weight excluding hydrogens is 206 g/mol. The maximum atomic E-state index is 11.5. The Hall–Kier alpha value is -1.52. The number of hydrogen-bond donors (Lipinski definition) is 2. The first-order valence-electron chi connectivity index (χ1n) is 5.45. The summed E-state index contributed by atoms with van der Waals surface area (Å²) < 4.78 is 5.20. The molecule has 1 aliphatic carbocycles. The summed E-state index contributed by atoms with van der Waals surface area (Å²) in [4.78, 5) is 11.5. The van der Waals surface area contributed by atoms with Crippen molar-refractivity contribution in [2.75, 3.05) is 0 Å². The van der Waals surface area contributed by atoms with Gasteiger partial charge >= 0.3 is 6.09 Å². The molecule has 5 nitrogen and oxygen atoms in total. The number of fused-ring (bicyclic) bond motifs is 1. The highest BCUT2D eigenvalue weighted by atomic mass is 16.6. The highest BCUT2D eigenvalue weighted by molar-refractivity contribution is 5.68. The number of aromatic nitrogens is 2. The molecule has 1 aliphatic rings. The fourth-order valence-electron chi connectivity index (χ4n) is 1.84. The third-order valence-electron chi connectivity index (χ3n) is 2.44. The molecule has 0 saturated carbocycles. The number of amides is 1. The highest BCUT2D eigenvalue weighted by Crippen LogP contribution is 2.19. The number of carbonyl (C=O) groups excluding carboxylic acids is 1. The topological polar surface area (TPSA) is 67.0 Å². The van der Waals surface area contributed by atoms with E-state index in [1.807, 2.05) is 27.0 Å². The first kappa shape index (κ1) is 11.0. The predicted molar refractivity (Wildman–Crippen MR) is 59.2 cm³/mol. The van der Waals surface area contributed by atoms with Crippen molar-refractivity contribution in [2.45, 2.75) is 45.3 Å². The minimum atomic E-state index is -0.448. The van der Waals surface area contributed by atoms with Crippen LogP contribution >= 0.6 is 0 Å². The fraction of sp³-hybridized carbons (Fsp3) is 0.636. The maximum Gasteiger partial charge on any atom is 0.407 e. The molecule has 88 valence electrons. The van der Waals surface area contributed by atoms with Gasteiger partial charge in [0.2, 0.25) is 0 Å². The zero-order valence-corrected chi connectivity index (χ0v) is 9.83. The summed E-state index contributed by atoms with van der Waals surface area (Å²) in [6, 6.07) is 0.113. The summed E-state index contributed by atoms with van der Waals surface area (Å²) in [7, 11) is 0. The van der Waals surface area contributed by atoms with Gasteiger partial charge in [-0.3, -0.25) is 5.10 Å². The van der Waals surface area contributed by atoms with Crippen molar-refractivity contribution < 1.29 is 9.53 Å². The first-order valence-corrected chi connectivity index (χ1v) is 5.45. The van der Waals surface area contributed by atoms with Gasteiger partial charge in [-0.15, -0.1) is 0 Å². The number of ether oxygens (including phenoxy) is 1. The van der Waals surface area contributed by atoms with Crippen molar-refractivity contribution >= 4 is 6.09 Å². The fourth-order valence-corrected chi connectivity index (χ4v) is 1.84. The van der Waals surface area contributed by atoms with E-state index < -0.39 is 5.60 Å². The molecule has 0 bridgehead atoms. The molecule has 1 heterocycles. The van der Waals surface area contributed by atoms with Crippen LogP contribution in [0.5, 0.6) is 0 Å². The van der Waals surface area contributed by atoms with Crippen LogP contribution in [0.2, 0.25) is 0 Å². The average molecular weight is 223 g/mol. The Morgan fingerprint density at radius 1 is 1.56 bits per heavy atom. The van der Waals surface area contributed by atoms with Crippen molar-refractivity contribution in [1.29, 1.82) is 0 Å². The van der Waals surface area contributed by atoms with Gasteiger partial charge in [0.15, 0.2) is 0 Å². The van der Waals surface area contributed by atoms with Gasteiger partial charge in [0, 0.05) is 18.7 Å². The van der Waals surface area contributed by atoms with E-state index in [1.54, 1.807) is 0 Å². The van der Waals surface area contributed by atoms with E-state index in [0.717, 1.165) is 18.5 Å². The Morgan fingerprint density at radius 3 is 2.94 bits per heavy atom. The molecule has 1 amide bonds. The zero-order chi connectivity index (χ0) is 11.8. The molecule has 2 N–H and O–H groups in total. The lowest BCUT2D eigenvalue weighted by atomic mass is 10.2. The Balaban J connectivity index is 1.85. The second kappa shape index (κ2) is 3.81. The lowest BCUT2D eigenvalue weighted by Crippen LogP contribution is -2.39. The Bertz CT molecular complexity index is 372. The van der Waals surface area contributed by atoms with Crippen molar-refractivity contribution in [3.8, 4) is 0 Å². The molecule has 1 aromatic heterocycles. The SMILES string of the molecule is CC(C)(C)OC(=O)NC1Cc2c[nH]nc2C1. The standard InChI is InChI=1S/C11H17N3O2/c1-11(2,3)16-10(15)13-8-4-7-6-12-14-9(7)5-8/h6,8H,4-5H2,1-3H3,(H,12,14)(H,13,15). The summed E-state index contributed by atoms with van der Waals surface area (Å²) in [5, 5.41) is 9.78. The Kier molecular flexibility index (Phi) is 2.61. The van der Waals surface area contributed by atoms with Gasteiger partial charge in [0.25, 0.3) is 0 Å².